The van der Waals surface area contributed by atoms with Gasteiger partial charge in [-0.3, -0.25) is 27.3 Å². The average molecular weight is 2780 g/mol. The Labute approximate surface area is 833 Å². The minimum atomic E-state index is -0.720. The molecule has 4 N–H and O–H groups in total. The number of aromatic nitrogens is 6. The first kappa shape index (κ1) is 110. The summed E-state index contributed by atoms with van der Waals surface area (Å²) in [5, 5.41) is 35.9. The Balaban J connectivity index is 0.000000313. The van der Waals surface area contributed by atoms with Crippen LogP contribution >= 0.6 is 0 Å². The number of phenols is 1. The third-order valence-electron chi connectivity index (χ3n) is 17.6. The minimum Gasteiger partial charge on any atom is -0.512 e. The van der Waals surface area contributed by atoms with E-state index >= 15 is 0 Å². The van der Waals surface area contributed by atoms with Crippen LogP contribution in [0.3, 0.4) is 0 Å². The van der Waals surface area contributed by atoms with E-state index in [1.54, 1.807) is 73.3 Å². The van der Waals surface area contributed by atoms with Crippen LogP contribution in [0.4, 0.5) is 40.3 Å². The van der Waals surface area contributed by atoms with Gasteiger partial charge in [-0.2, -0.15) is 42.0 Å². The van der Waals surface area contributed by atoms with Crippen LogP contribution in [0.25, 0.3) is 89.8 Å². The van der Waals surface area contributed by atoms with Gasteiger partial charge in [0.2, 0.25) is 0 Å². The van der Waals surface area contributed by atoms with Crippen molar-refractivity contribution >= 4 is 28.5 Å². The topological polar surface area (TPSA) is 182 Å². The monoisotopic (exact) mass is 2790 g/mol. The molecule has 11 aromatic carbocycles. The van der Waals surface area contributed by atoms with Crippen LogP contribution in [-0.4, -0.2) is 69.9 Å². The van der Waals surface area contributed by atoms with E-state index < -0.39 is 11.6 Å². The summed E-state index contributed by atoms with van der Waals surface area (Å²) in [6.07, 6.45) is 11.4. The second-order valence-corrected chi connectivity index (χ2v) is 27.0. The van der Waals surface area contributed by atoms with E-state index in [1.165, 1.54) is 67.6 Å². The van der Waals surface area contributed by atoms with Crippen molar-refractivity contribution in [2.75, 3.05) is 23.6 Å². The van der Waals surface area contributed by atoms with Gasteiger partial charge in [-0.1, -0.05) is 165 Å². The maximum Gasteiger partial charge on any atom is 2.00 e. The third-order valence-corrected chi connectivity index (χ3v) is 17.6. The average Bonchev–Trinajstić information content (AvgIpc) is 0.809. The Bertz CT molecular complexity index is 6000. The molecule has 0 fully saturated rings. The number of para-hydroxylation sites is 3. The number of rotatable bonds is 15. The number of aryl methyl sites for hydroxylation is 2. The van der Waals surface area contributed by atoms with Gasteiger partial charge in [0.1, 0.15) is 12.5 Å². The summed E-state index contributed by atoms with van der Waals surface area (Å²) in [5.74, 6) is -1.76. The number of phenolic OH excluding ortho intramolecular Hbond substituents is 1. The molecule has 0 aliphatic rings. The quantitative estimate of drug-likeness (QED) is 0.0250. The predicted molar refractivity (Wildman–Crippen MR) is 481 cm³/mol. The molecular formula is C106H85F4Ir5N8O5Pt-5. The number of pyridine rings is 6. The minimum absolute atomic E-state index is 0. The largest absolute Gasteiger partial charge is 2.00 e. The SMILES string of the molecule is CC(=O)C=C(C)O.CN(CO)c1ccnc(-c2[c-]cc(F)cc2)c1.Cc1c[c-]c(-c2ccccn2)cc1.Cc1cc[c-]c(-c2ccccn2)c1.Fc1c[c-]c(-c2cc(N(c3ccccc3)c3ccccc3)ccn2)cc1.OCc1ccnc(-c2[c-]cc(F)cc2F)c1.Oc1ccccc1-c1ccccc1.[Ir].[Ir].[Ir].[Ir].[Ir].[Pt+2].[c-]1ccccc1-c1[c-]c(-c2ccccn2)ccc1. The Kier molecular flexibility index (Phi) is 50.7. The molecule has 0 unspecified atom stereocenters. The summed E-state index contributed by atoms with van der Waals surface area (Å²) >= 11 is 0. The molecule has 667 valence electrons. The van der Waals surface area contributed by atoms with Crippen molar-refractivity contribution in [1.82, 2.24) is 29.9 Å². The molecule has 0 saturated carbocycles. The predicted octanol–water partition coefficient (Wildman–Crippen LogP) is 24.4. The number of aromatic hydroxyl groups is 1. The van der Waals surface area contributed by atoms with Crippen molar-refractivity contribution in [2.45, 2.75) is 34.3 Å². The van der Waals surface area contributed by atoms with Gasteiger partial charge in [-0.25, -0.2) is 5.56 Å². The van der Waals surface area contributed by atoms with Gasteiger partial charge in [0.05, 0.1) is 12.4 Å². The number of ketones is 1. The molecule has 17 aromatic rings. The fraction of sp³-hybridized carbons (Fsp3) is 0.0660. The van der Waals surface area contributed by atoms with Crippen molar-refractivity contribution in [1.29, 1.82) is 0 Å². The van der Waals surface area contributed by atoms with Crippen LogP contribution in [0.15, 0.2) is 383 Å². The first-order chi connectivity index (χ1) is 59.9. The van der Waals surface area contributed by atoms with Crippen LogP contribution in [0.2, 0.25) is 0 Å². The van der Waals surface area contributed by atoms with E-state index in [1.807, 2.05) is 224 Å². The van der Waals surface area contributed by atoms with Gasteiger partial charge in [0.15, 0.2) is 5.78 Å². The third kappa shape index (κ3) is 36.5. The maximum atomic E-state index is 13.4. The summed E-state index contributed by atoms with van der Waals surface area (Å²) in [6.45, 7) is 6.75. The number of hydrogen-bond donors (Lipinski definition) is 4. The summed E-state index contributed by atoms with van der Waals surface area (Å²) in [5.41, 5.74) is 20.4. The molecular weight excluding hydrogens is 2700 g/mol. The number of benzene rings is 11. The fourth-order valence-corrected chi connectivity index (χ4v) is 11.6. The van der Waals surface area contributed by atoms with Gasteiger partial charge in [0, 0.05) is 208 Å². The number of allylic oxidation sites excluding steroid dienone is 2. The Hall–Kier alpha value is -11.5. The van der Waals surface area contributed by atoms with E-state index in [0.717, 1.165) is 108 Å². The molecule has 0 aliphatic heterocycles. The first-order valence-corrected chi connectivity index (χ1v) is 38.7. The molecule has 13 nitrogen and oxygen atoms in total. The number of aliphatic hydroxyl groups is 3. The molecule has 5 radical (unpaired) electrons. The van der Waals surface area contributed by atoms with Crippen LogP contribution in [0, 0.1) is 79.6 Å². The van der Waals surface area contributed by atoms with Crippen LogP contribution in [-0.2, 0) is 133 Å². The molecule has 0 amide bonds. The van der Waals surface area contributed by atoms with E-state index in [9.17, 15) is 27.5 Å². The molecule has 0 saturated heterocycles. The Morgan fingerprint density at radius 3 is 1.33 bits per heavy atom. The number of carbonyl (C=O) groups is 1. The van der Waals surface area contributed by atoms with Gasteiger partial charge in [0.25, 0.3) is 0 Å². The molecule has 0 spiro atoms. The van der Waals surface area contributed by atoms with E-state index in [-0.39, 0.29) is 164 Å². The van der Waals surface area contributed by atoms with E-state index in [2.05, 4.69) is 128 Å². The fourth-order valence-electron chi connectivity index (χ4n) is 11.6. The van der Waals surface area contributed by atoms with Gasteiger partial charge >= 0.3 is 21.1 Å². The van der Waals surface area contributed by atoms with Crippen molar-refractivity contribution in [3.63, 3.8) is 0 Å². The van der Waals surface area contributed by atoms with E-state index in [0.29, 0.717) is 22.7 Å². The van der Waals surface area contributed by atoms with Gasteiger partial charge in [-0.05, 0) is 120 Å². The molecule has 0 atom stereocenters. The van der Waals surface area contributed by atoms with Crippen molar-refractivity contribution < 1.29 is 164 Å². The number of aliphatic hydroxyl groups excluding tert-OH is 3. The van der Waals surface area contributed by atoms with Crippen LogP contribution < -0.4 is 9.80 Å². The second-order valence-electron chi connectivity index (χ2n) is 27.0. The zero-order valence-corrected chi connectivity index (χ0v) is 84.2. The molecule has 23 heteroatoms. The molecule has 6 heterocycles. The number of anilines is 4. The molecule has 17 rings (SSSR count). The summed E-state index contributed by atoms with van der Waals surface area (Å²) < 4.78 is 52.0. The van der Waals surface area contributed by atoms with Crippen LogP contribution in [0.1, 0.15) is 30.5 Å². The van der Waals surface area contributed by atoms with Crippen molar-refractivity contribution in [3.8, 4) is 95.5 Å². The molecule has 0 bridgehead atoms. The normalized spacial score (nSPS) is 9.81. The standard InChI is InChI=1S/C23H16FN2.C17H11N.C13H12FN2O.C12H8F2NO.2C12H10N.C12H10O.C5H8O2.5Ir.Pt/c24-19-13-11-18(12-14-19)23-17-22(15-16-25-23)26(20-7-3-1-4-8-20)21-9-5-2-6-10-21;1-2-7-14(8-3-1)15-9-6-10-16(13-15)17-11-4-5-12-18-17;1-16(9-17)12-6-7-15-13(8-12)10-2-4-11(14)5-3-10;13-9-1-2-10(11(14)6-9)12-5-8(7-16)3-4-15-12;1-10-5-4-6-11(9-10)12-7-2-3-8-13-12;1-10-5-7-11(8-6-10)12-4-2-3-9-13-12;13-12-9-5-4-8-11(12)10-6-2-1-3-7-10;1-4(6)3-5(2)7;;;;;;/h1-11,13-17H;1-7,9-12H;2,4-8,17H,9H2,1H3;1,3-6,16H,7H2;2-5,7-9H,1H3;2-7,9H,1H3;1-9,13H;3,6H,1-2H3;;;;;;/q-1;-2;4*-1;;;;;;;;+2. The van der Waals surface area contributed by atoms with Crippen LogP contribution in [0.5, 0.6) is 5.75 Å². The molecule has 129 heavy (non-hydrogen) atoms. The molecule has 6 aromatic heterocycles. The Morgan fingerprint density at radius 2 is 0.845 bits per heavy atom. The Morgan fingerprint density at radius 1 is 0.380 bits per heavy atom. The van der Waals surface area contributed by atoms with E-state index in [4.69, 9.17) is 15.3 Å². The number of halogens is 4. The number of carbonyl (C=O) groups excluding carboxylic acids is 1. The zero-order chi connectivity index (χ0) is 86.9. The molecule has 0 aliphatic carbocycles. The maximum absolute atomic E-state index is 13.4. The number of nitrogens with zero attached hydrogens (tertiary/aromatic N) is 8. The summed E-state index contributed by atoms with van der Waals surface area (Å²) in [7, 11) is 1.77. The second kappa shape index (κ2) is 59.6. The summed E-state index contributed by atoms with van der Waals surface area (Å²) in [4.78, 5) is 39.3. The van der Waals surface area contributed by atoms with Gasteiger partial charge < -0.3 is 55.1 Å². The first-order valence-electron chi connectivity index (χ1n) is 38.7. The summed E-state index contributed by atoms with van der Waals surface area (Å²) in [6, 6.07) is 124. The smallest absolute Gasteiger partial charge is 0.512 e. The van der Waals surface area contributed by atoms with Crippen molar-refractivity contribution in [2.24, 2.45) is 0 Å². The zero-order valence-electron chi connectivity index (χ0n) is 70.0. The van der Waals surface area contributed by atoms with Crippen molar-refractivity contribution in [3.05, 3.63) is 465 Å². The number of hydrogen-bond acceptors (Lipinski definition) is 13. The van der Waals surface area contributed by atoms with Gasteiger partial charge in [-0.15, -0.1) is 166 Å².